The quantitative estimate of drug-likeness (QED) is 0.481. The summed E-state index contributed by atoms with van der Waals surface area (Å²) in [7, 11) is 0. The molecule has 3 N–H and O–H groups in total. The number of unbranched alkanes of at least 4 members (excludes halogenated alkanes) is 9. The van der Waals surface area contributed by atoms with Gasteiger partial charge < -0.3 is 24.8 Å². The highest BCUT2D eigenvalue weighted by Gasteiger charge is 2.37. The molecule has 1 heterocycles. The van der Waals surface area contributed by atoms with Crippen molar-refractivity contribution in [2.24, 2.45) is 0 Å². The zero-order chi connectivity index (χ0) is 16.2. The Labute approximate surface area is 134 Å². The second-order valence-corrected chi connectivity index (χ2v) is 6.30. The predicted octanol–water partition coefficient (Wildman–Crippen LogP) is 2.36. The van der Waals surface area contributed by atoms with E-state index in [2.05, 4.69) is 6.92 Å². The Morgan fingerprint density at radius 2 is 1.36 bits per heavy atom. The van der Waals surface area contributed by atoms with Crippen LogP contribution < -0.4 is 0 Å². The van der Waals surface area contributed by atoms with E-state index >= 15 is 0 Å². The zero-order valence-corrected chi connectivity index (χ0v) is 14.0. The molecule has 1 rings (SSSR count). The summed E-state index contributed by atoms with van der Waals surface area (Å²) >= 11 is 0. The Morgan fingerprint density at radius 1 is 0.818 bits per heavy atom. The molecule has 1 fully saturated rings. The van der Waals surface area contributed by atoms with Gasteiger partial charge in [0.25, 0.3) is 0 Å². The van der Waals surface area contributed by atoms with E-state index in [0.717, 1.165) is 12.8 Å². The lowest BCUT2D eigenvalue weighted by atomic mass is 10.1. The predicted molar refractivity (Wildman–Crippen MR) is 85.6 cm³/mol. The lowest BCUT2D eigenvalue weighted by Gasteiger charge is -2.34. The van der Waals surface area contributed by atoms with Crippen LogP contribution in [0, 0.1) is 0 Å². The van der Waals surface area contributed by atoms with Gasteiger partial charge in [0.15, 0.2) is 6.29 Å². The SMILES string of the molecule is CCCCCCCCCCCCOC1OC[C@@H](O)[C@H](O)[C@H]1O. The first kappa shape index (κ1) is 19.8. The molecule has 1 aliphatic heterocycles. The molecule has 0 amide bonds. The van der Waals surface area contributed by atoms with Crippen molar-refractivity contribution < 1.29 is 24.8 Å². The molecule has 0 aromatic carbocycles. The third-order valence-corrected chi connectivity index (χ3v) is 4.23. The fraction of sp³-hybridized carbons (Fsp3) is 1.00. The van der Waals surface area contributed by atoms with Crippen LogP contribution in [0.5, 0.6) is 0 Å². The average Bonchev–Trinajstić information content (AvgIpc) is 2.52. The minimum absolute atomic E-state index is 0.000917. The number of aliphatic hydroxyl groups is 3. The Kier molecular flexibility index (Phi) is 11.1. The molecule has 0 bridgehead atoms. The highest BCUT2D eigenvalue weighted by molar-refractivity contribution is 4.82. The number of hydrogen-bond donors (Lipinski definition) is 3. The van der Waals surface area contributed by atoms with Gasteiger partial charge >= 0.3 is 0 Å². The molecule has 0 aliphatic carbocycles. The van der Waals surface area contributed by atoms with E-state index in [-0.39, 0.29) is 6.61 Å². The van der Waals surface area contributed by atoms with Crippen LogP contribution in [0.3, 0.4) is 0 Å². The van der Waals surface area contributed by atoms with Crippen molar-refractivity contribution in [1.82, 2.24) is 0 Å². The largest absolute Gasteiger partial charge is 0.388 e. The molecule has 0 aromatic heterocycles. The summed E-state index contributed by atoms with van der Waals surface area (Å²) in [6.07, 6.45) is 8.38. The van der Waals surface area contributed by atoms with Crippen molar-refractivity contribution >= 4 is 0 Å². The normalized spacial score (nSPS) is 28.9. The van der Waals surface area contributed by atoms with Gasteiger partial charge in [-0.1, -0.05) is 64.7 Å². The number of hydrogen-bond acceptors (Lipinski definition) is 5. The highest BCUT2D eigenvalue weighted by atomic mass is 16.7. The number of aliphatic hydroxyl groups excluding tert-OH is 3. The first-order chi connectivity index (χ1) is 10.7. The van der Waals surface area contributed by atoms with Crippen molar-refractivity contribution in [3.05, 3.63) is 0 Å². The molecule has 0 radical (unpaired) electrons. The van der Waals surface area contributed by atoms with Gasteiger partial charge in [-0.15, -0.1) is 0 Å². The number of rotatable bonds is 12. The maximum Gasteiger partial charge on any atom is 0.186 e. The Hall–Kier alpha value is -0.200. The molecule has 0 saturated carbocycles. The summed E-state index contributed by atoms with van der Waals surface area (Å²) in [6, 6.07) is 0. The third-order valence-electron chi connectivity index (χ3n) is 4.23. The maximum atomic E-state index is 9.71. The molecule has 0 spiro atoms. The van der Waals surface area contributed by atoms with Gasteiger partial charge in [-0.05, 0) is 6.42 Å². The van der Waals surface area contributed by atoms with Gasteiger partial charge in [0.2, 0.25) is 0 Å². The molecule has 5 nitrogen and oxygen atoms in total. The van der Waals surface area contributed by atoms with Crippen LogP contribution in [0.2, 0.25) is 0 Å². The topological polar surface area (TPSA) is 79.2 Å². The van der Waals surface area contributed by atoms with E-state index in [1.807, 2.05) is 0 Å². The van der Waals surface area contributed by atoms with Crippen molar-refractivity contribution in [1.29, 1.82) is 0 Å². The first-order valence-electron chi connectivity index (χ1n) is 8.94. The fourth-order valence-electron chi connectivity index (χ4n) is 2.71. The Balaban J connectivity index is 1.89. The monoisotopic (exact) mass is 318 g/mol. The van der Waals surface area contributed by atoms with Gasteiger partial charge in [0.05, 0.1) is 6.61 Å². The van der Waals surface area contributed by atoms with Crippen LogP contribution in [0.25, 0.3) is 0 Å². The molecule has 5 heteroatoms. The van der Waals surface area contributed by atoms with Crippen molar-refractivity contribution in [3.8, 4) is 0 Å². The third kappa shape index (κ3) is 7.88. The second-order valence-electron chi connectivity index (χ2n) is 6.30. The number of ether oxygens (including phenoxy) is 2. The van der Waals surface area contributed by atoms with Crippen LogP contribution in [-0.4, -0.2) is 53.1 Å². The van der Waals surface area contributed by atoms with E-state index < -0.39 is 24.6 Å². The summed E-state index contributed by atoms with van der Waals surface area (Å²) in [6.45, 7) is 2.75. The van der Waals surface area contributed by atoms with Crippen LogP contribution in [0.1, 0.15) is 71.1 Å². The van der Waals surface area contributed by atoms with Crippen LogP contribution in [-0.2, 0) is 9.47 Å². The van der Waals surface area contributed by atoms with E-state index in [1.165, 1.54) is 51.4 Å². The van der Waals surface area contributed by atoms with E-state index in [1.54, 1.807) is 0 Å². The van der Waals surface area contributed by atoms with E-state index in [0.29, 0.717) is 6.61 Å². The molecule has 1 aliphatic rings. The summed E-state index contributed by atoms with van der Waals surface area (Å²) in [5.74, 6) is 0. The van der Waals surface area contributed by atoms with Crippen molar-refractivity contribution in [3.63, 3.8) is 0 Å². The van der Waals surface area contributed by atoms with E-state index in [4.69, 9.17) is 9.47 Å². The molecular formula is C17H34O5. The molecule has 1 unspecified atom stereocenters. The van der Waals surface area contributed by atoms with Gasteiger partial charge in [-0.3, -0.25) is 0 Å². The summed E-state index contributed by atoms with van der Waals surface area (Å²) < 4.78 is 10.6. The molecule has 0 aromatic rings. The smallest absolute Gasteiger partial charge is 0.186 e. The van der Waals surface area contributed by atoms with Gasteiger partial charge in [0.1, 0.15) is 18.3 Å². The zero-order valence-electron chi connectivity index (χ0n) is 14.0. The fourth-order valence-corrected chi connectivity index (χ4v) is 2.71. The molecule has 132 valence electrons. The molecule has 4 atom stereocenters. The summed E-state index contributed by atoms with van der Waals surface area (Å²) in [5.41, 5.74) is 0. The first-order valence-corrected chi connectivity index (χ1v) is 8.94. The summed E-state index contributed by atoms with van der Waals surface area (Å²) in [4.78, 5) is 0. The average molecular weight is 318 g/mol. The van der Waals surface area contributed by atoms with Crippen LogP contribution in [0.15, 0.2) is 0 Å². The molecular weight excluding hydrogens is 284 g/mol. The molecule has 22 heavy (non-hydrogen) atoms. The highest BCUT2D eigenvalue weighted by Crippen LogP contribution is 2.17. The maximum absolute atomic E-state index is 9.71. The lowest BCUT2D eigenvalue weighted by Crippen LogP contribution is -2.53. The minimum Gasteiger partial charge on any atom is -0.388 e. The van der Waals surface area contributed by atoms with Gasteiger partial charge in [-0.2, -0.15) is 0 Å². The van der Waals surface area contributed by atoms with Crippen molar-refractivity contribution in [2.75, 3.05) is 13.2 Å². The van der Waals surface area contributed by atoms with Crippen molar-refractivity contribution in [2.45, 2.75) is 95.7 Å². The molecule has 1 saturated heterocycles. The Bertz CT molecular complexity index is 261. The van der Waals surface area contributed by atoms with Gasteiger partial charge in [-0.25, -0.2) is 0 Å². The van der Waals surface area contributed by atoms with Gasteiger partial charge in [0, 0.05) is 6.61 Å². The second kappa shape index (κ2) is 12.3. The van der Waals surface area contributed by atoms with E-state index in [9.17, 15) is 15.3 Å². The summed E-state index contributed by atoms with van der Waals surface area (Å²) in [5, 5.41) is 28.6. The Morgan fingerprint density at radius 3 is 1.95 bits per heavy atom. The lowest BCUT2D eigenvalue weighted by molar-refractivity contribution is -0.270. The van der Waals surface area contributed by atoms with Crippen LogP contribution in [0.4, 0.5) is 0 Å². The van der Waals surface area contributed by atoms with Crippen LogP contribution >= 0.6 is 0 Å². The minimum atomic E-state index is -1.19. The standard InChI is InChI=1S/C17H34O5/c1-2-3-4-5-6-7-8-9-10-11-12-21-17-16(20)15(19)14(18)13-22-17/h14-20H,2-13H2,1H3/t14-,15+,16-,17?/m1/s1.